The second-order valence-corrected chi connectivity index (χ2v) is 7.98. The molecule has 0 fully saturated rings. The zero-order valence-electron chi connectivity index (χ0n) is 20.0. The molecule has 0 amide bonds. The van der Waals surface area contributed by atoms with Crippen molar-refractivity contribution in [2.45, 2.75) is 13.3 Å². The fraction of sp³-hybridized carbons (Fsp3) is 0.185. The third-order valence-corrected chi connectivity index (χ3v) is 5.67. The van der Waals surface area contributed by atoms with Crippen molar-refractivity contribution in [1.82, 2.24) is 9.55 Å². The van der Waals surface area contributed by atoms with E-state index in [-0.39, 0.29) is 29.3 Å². The van der Waals surface area contributed by atoms with Gasteiger partial charge in [0.2, 0.25) is 0 Å². The van der Waals surface area contributed by atoms with Crippen LogP contribution in [-0.2, 0) is 18.2 Å². The number of pyridine rings is 2. The molecular weight excluding hydrogens is 465 g/mol. The molecule has 0 aliphatic rings. The second-order valence-electron chi connectivity index (χ2n) is 7.98. The standard InChI is InChI=1S/C27H24FN3O5/c1-4-35-27(34)22-24(36-26(33)17-8-6-5-7-9-17)23-21(31(3)25(22)32)13-16(15-30-23)12-18-10-11-19(28)14-20(18)29-2/h5-11,13-15,29H,4,12H2,1-3H3. The van der Waals surface area contributed by atoms with Gasteiger partial charge in [0, 0.05) is 32.4 Å². The lowest BCUT2D eigenvalue weighted by Gasteiger charge is -2.15. The number of fused-ring (bicyclic) bond motifs is 1. The van der Waals surface area contributed by atoms with E-state index in [0.717, 1.165) is 11.1 Å². The van der Waals surface area contributed by atoms with Crippen molar-refractivity contribution in [3.63, 3.8) is 0 Å². The number of esters is 2. The Kier molecular flexibility index (Phi) is 7.10. The molecule has 36 heavy (non-hydrogen) atoms. The first-order valence-corrected chi connectivity index (χ1v) is 11.3. The van der Waals surface area contributed by atoms with Crippen molar-refractivity contribution in [3.05, 3.63) is 99.2 Å². The van der Waals surface area contributed by atoms with Crippen LogP contribution in [-0.4, -0.2) is 35.1 Å². The number of aromatic nitrogens is 2. The van der Waals surface area contributed by atoms with Crippen LogP contribution < -0.4 is 15.6 Å². The summed E-state index contributed by atoms with van der Waals surface area (Å²) in [6, 6.07) is 14.4. The van der Waals surface area contributed by atoms with Gasteiger partial charge in [0.25, 0.3) is 5.56 Å². The quantitative estimate of drug-likeness (QED) is 0.390. The van der Waals surface area contributed by atoms with E-state index in [1.165, 1.54) is 23.7 Å². The molecule has 0 saturated carbocycles. The van der Waals surface area contributed by atoms with Gasteiger partial charge in [-0.1, -0.05) is 24.3 Å². The van der Waals surface area contributed by atoms with E-state index in [0.29, 0.717) is 17.6 Å². The summed E-state index contributed by atoms with van der Waals surface area (Å²) in [4.78, 5) is 43.3. The lowest BCUT2D eigenvalue weighted by Crippen LogP contribution is -2.28. The summed E-state index contributed by atoms with van der Waals surface area (Å²) in [5.41, 5.74) is 1.83. The van der Waals surface area contributed by atoms with Crippen LogP contribution in [0.5, 0.6) is 5.75 Å². The summed E-state index contributed by atoms with van der Waals surface area (Å²) in [5, 5.41) is 2.97. The molecule has 9 heteroatoms. The van der Waals surface area contributed by atoms with Gasteiger partial charge in [0.05, 0.1) is 17.7 Å². The SMILES string of the molecule is CCOC(=O)c1c(OC(=O)c2ccccc2)c2ncc(Cc3ccc(F)cc3NC)cc2n(C)c1=O. The van der Waals surface area contributed by atoms with E-state index >= 15 is 0 Å². The van der Waals surface area contributed by atoms with E-state index in [1.807, 2.05) is 0 Å². The molecule has 0 saturated heterocycles. The fourth-order valence-electron chi connectivity index (χ4n) is 3.88. The first-order chi connectivity index (χ1) is 17.3. The Morgan fingerprint density at radius 3 is 2.53 bits per heavy atom. The van der Waals surface area contributed by atoms with Crippen molar-refractivity contribution in [2.75, 3.05) is 19.0 Å². The third-order valence-electron chi connectivity index (χ3n) is 5.67. The minimum atomic E-state index is -0.910. The summed E-state index contributed by atoms with van der Waals surface area (Å²) in [7, 11) is 3.20. The van der Waals surface area contributed by atoms with Crippen LogP contribution in [0.1, 0.15) is 38.8 Å². The monoisotopic (exact) mass is 489 g/mol. The van der Waals surface area contributed by atoms with Crippen molar-refractivity contribution in [1.29, 1.82) is 0 Å². The smallest absolute Gasteiger partial charge is 0.347 e. The van der Waals surface area contributed by atoms with Gasteiger partial charge in [-0.25, -0.2) is 14.0 Å². The van der Waals surface area contributed by atoms with E-state index in [1.54, 1.807) is 62.6 Å². The van der Waals surface area contributed by atoms with Gasteiger partial charge in [-0.3, -0.25) is 9.78 Å². The molecule has 0 atom stereocenters. The molecule has 0 bridgehead atoms. The lowest BCUT2D eigenvalue weighted by atomic mass is 10.0. The summed E-state index contributed by atoms with van der Waals surface area (Å²) in [5.74, 6) is -2.28. The van der Waals surface area contributed by atoms with Crippen LogP contribution in [0.3, 0.4) is 0 Å². The maximum atomic E-state index is 13.6. The van der Waals surface area contributed by atoms with Crippen LogP contribution in [0.15, 0.2) is 65.6 Å². The predicted molar refractivity (Wildman–Crippen MR) is 133 cm³/mol. The van der Waals surface area contributed by atoms with Crippen molar-refractivity contribution in [2.24, 2.45) is 7.05 Å². The molecular formula is C27H24FN3O5. The highest BCUT2D eigenvalue weighted by molar-refractivity contribution is 6.01. The highest BCUT2D eigenvalue weighted by Crippen LogP contribution is 2.29. The molecule has 2 aromatic carbocycles. The van der Waals surface area contributed by atoms with E-state index in [4.69, 9.17) is 9.47 Å². The maximum Gasteiger partial charge on any atom is 0.347 e. The van der Waals surface area contributed by atoms with Gasteiger partial charge in [0.1, 0.15) is 11.3 Å². The van der Waals surface area contributed by atoms with Crippen LogP contribution in [0.2, 0.25) is 0 Å². The normalized spacial score (nSPS) is 10.8. The number of hydrogen-bond donors (Lipinski definition) is 1. The summed E-state index contributed by atoms with van der Waals surface area (Å²) in [6.07, 6.45) is 1.96. The summed E-state index contributed by atoms with van der Waals surface area (Å²) >= 11 is 0. The molecule has 0 aliphatic carbocycles. The molecule has 4 aromatic rings. The molecule has 184 valence electrons. The fourth-order valence-corrected chi connectivity index (χ4v) is 3.88. The second kappa shape index (κ2) is 10.4. The zero-order valence-corrected chi connectivity index (χ0v) is 20.0. The number of benzene rings is 2. The van der Waals surface area contributed by atoms with Crippen LogP contribution in [0.25, 0.3) is 11.0 Å². The predicted octanol–water partition coefficient (Wildman–Crippen LogP) is 4.10. The highest BCUT2D eigenvalue weighted by atomic mass is 19.1. The van der Waals surface area contributed by atoms with Gasteiger partial charge in [0.15, 0.2) is 11.3 Å². The number of ether oxygens (including phenoxy) is 2. The molecule has 1 N–H and O–H groups in total. The molecule has 0 unspecified atom stereocenters. The minimum Gasteiger partial charge on any atom is -0.462 e. The Morgan fingerprint density at radius 1 is 1.08 bits per heavy atom. The van der Waals surface area contributed by atoms with Gasteiger partial charge >= 0.3 is 11.9 Å². The summed E-state index contributed by atoms with van der Waals surface area (Å²) in [6.45, 7) is 1.64. The Morgan fingerprint density at radius 2 is 1.83 bits per heavy atom. The first kappa shape index (κ1) is 24.6. The molecule has 2 heterocycles. The third kappa shape index (κ3) is 4.81. The minimum absolute atomic E-state index is 0.0317. The number of hydrogen-bond acceptors (Lipinski definition) is 7. The number of nitrogens with one attached hydrogen (secondary N) is 1. The largest absolute Gasteiger partial charge is 0.462 e. The van der Waals surface area contributed by atoms with E-state index in [2.05, 4.69) is 10.3 Å². The Labute approximate surface area is 206 Å². The van der Waals surface area contributed by atoms with Crippen molar-refractivity contribution < 1.29 is 23.5 Å². The van der Waals surface area contributed by atoms with Gasteiger partial charge < -0.3 is 19.4 Å². The average molecular weight is 490 g/mol. The Bertz CT molecular complexity index is 1520. The van der Waals surface area contributed by atoms with E-state index < -0.39 is 23.1 Å². The first-order valence-electron chi connectivity index (χ1n) is 11.3. The number of anilines is 1. The Hall–Kier alpha value is -4.53. The molecule has 8 nitrogen and oxygen atoms in total. The van der Waals surface area contributed by atoms with Crippen molar-refractivity contribution >= 4 is 28.7 Å². The lowest BCUT2D eigenvalue weighted by molar-refractivity contribution is 0.0518. The molecule has 0 radical (unpaired) electrons. The maximum absolute atomic E-state index is 13.6. The number of nitrogens with zero attached hydrogens (tertiary/aromatic N) is 2. The van der Waals surface area contributed by atoms with Gasteiger partial charge in [-0.05, 0) is 48.4 Å². The molecule has 0 spiro atoms. The van der Waals surface area contributed by atoms with Crippen molar-refractivity contribution in [3.8, 4) is 5.75 Å². The van der Waals surface area contributed by atoms with Gasteiger partial charge in [-0.15, -0.1) is 0 Å². The molecule has 4 rings (SSSR count). The molecule has 2 aromatic heterocycles. The highest BCUT2D eigenvalue weighted by Gasteiger charge is 2.27. The molecule has 0 aliphatic heterocycles. The number of aryl methyl sites for hydroxylation is 1. The summed E-state index contributed by atoms with van der Waals surface area (Å²) < 4.78 is 25.6. The Balaban J connectivity index is 1.86. The van der Waals surface area contributed by atoms with Gasteiger partial charge in [-0.2, -0.15) is 0 Å². The van der Waals surface area contributed by atoms with Crippen LogP contribution in [0.4, 0.5) is 10.1 Å². The topological polar surface area (TPSA) is 99.5 Å². The number of halogens is 1. The number of carbonyl (C=O) groups excluding carboxylic acids is 2. The number of rotatable bonds is 7. The zero-order chi connectivity index (χ0) is 25.8. The average Bonchev–Trinajstić information content (AvgIpc) is 2.88. The van der Waals surface area contributed by atoms with Crippen LogP contribution >= 0.6 is 0 Å². The van der Waals surface area contributed by atoms with E-state index in [9.17, 15) is 18.8 Å². The van der Waals surface area contributed by atoms with Crippen LogP contribution in [0, 0.1) is 5.82 Å². The number of carbonyl (C=O) groups is 2.